The van der Waals surface area contributed by atoms with E-state index in [-0.39, 0.29) is 0 Å². The Bertz CT molecular complexity index is 512. The van der Waals surface area contributed by atoms with Crippen molar-refractivity contribution in [1.29, 1.82) is 0 Å². The first-order valence-corrected chi connectivity index (χ1v) is 6.27. The van der Waals surface area contributed by atoms with Crippen LogP contribution >= 0.6 is 0 Å². The third-order valence-corrected chi connectivity index (χ3v) is 3.12. The number of hydrogen-bond donors (Lipinski definition) is 1. The highest BCUT2D eigenvalue weighted by molar-refractivity contribution is 5.70. The van der Waals surface area contributed by atoms with Gasteiger partial charge < -0.3 is 10.2 Å². The molecule has 4 nitrogen and oxygen atoms in total. The van der Waals surface area contributed by atoms with Gasteiger partial charge in [0, 0.05) is 25.5 Å². The molecule has 3 rings (SSSR count). The van der Waals surface area contributed by atoms with Crippen LogP contribution in [-0.4, -0.2) is 23.1 Å². The predicted octanol–water partition coefficient (Wildman–Crippen LogP) is 2.30. The quantitative estimate of drug-likeness (QED) is 0.874. The Labute approximate surface area is 107 Å². The molecule has 92 valence electrons. The lowest BCUT2D eigenvalue weighted by Crippen LogP contribution is -2.24. The first kappa shape index (κ1) is 11.0. The molecule has 1 N–H and O–H groups in total. The van der Waals surface area contributed by atoms with Crippen molar-refractivity contribution in [3.05, 3.63) is 48.5 Å². The Balaban J connectivity index is 1.88. The molecule has 0 fully saturated rings. The van der Waals surface area contributed by atoms with Crippen LogP contribution in [0.25, 0.3) is 0 Å². The maximum absolute atomic E-state index is 4.30. The molecular formula is C14H16N4. The molecule has 0 amide bonds. The Morgan fingerprint density at radius 1 is 1.11 bits per heavy atom. The van der Waals surface area contributed by atoms with Gasteiger partial charge >= 0.3 is 0 Å². The van der Waals surface area contributed by atoms with Gasteiger partial charge in [-0.15, -0.1) is 0 Å². The van der Waals surface area contributed by atoms with Crippen molar-refractivity contribution in [1.82, 2.24) is 9.97 Å². The van der Waals surface area contributed by atoms with Crippen LogP contribution in [0.2, 0.25) is 0 Å². The van der Waals surface area contributed by atoms with Gasteiger partial charge in [0.05, 0.1) is 17.9 Å². The zero-order chi connectivity index (χ0) is 12.2. The normalized spacial score (nSPS) is 14.6. The molecule has 0 saturated heterocycles. The molecule has 4 heteroatoms. The summed E-state index contributed by atoms with van der Waals surface area (Å²) in [5.74, 6) is 0.870. The number of fused-ring (bicyclic) bond motifs is 1. The fraction of sp³-hybridized carbons (Fsp3) is 0.286. The van der Waals surface area contributed by atoms with Gasteiger partial charge in [-0.2, -0.15) is 0 Å². The predicted molar refractivity (Wildman–Crippen MR) is 72.6 cm³/mol. The molecule has 1 aromatic carbocycles. The van der Waals surface area contributed by atoms with Crippen molar-refractivity contribution in [2.24, 2.45) is 0 Å². The summed E-state index contributed by atoms with van der Waals surface area (Å²) >= 11 is 0. The van der Waals surface area contributed by atoms with E-state index < -0.39 is 0 Å². The van der Waals surface area contributed by atoms with Crippen LogP contribution in [0.5, 0.6) is 0 Å². The summed E-state index contributed by atoms with van der Waals surface area (Å²) in [6, 6.07) is 10.3. The third kappa shape index (κ3) is 2.27. The third-order valence-electron chi connectivity index (χ3n) is 3.12. The van der Waals surface area contributed by atoms with E-state index in [1.807, 2.05) is 6.07 Å². The lowest BCUT2D eigenvalue weighted by Gasteiger charge is -2.23. The maximum atomic E-state index is 4.30. The van der Waals surface area contributed by atoms with E-state index in [2.05, 4.69) is 44.5 Å². The summed E-state index contributed by atoms with van der Waals surface area (Å²) in [5, 5.41) is 3.46. The van der Waals surface area contributed by atoms with E-state index in [1.165, 1.54) is 11.4 Å². The first-order chi connectivity index (χ1) is 8.93. The van der Waals surface area contributed by atoms with Crippen LogP contribution in [0.15, 0.2) is 42.7 Å². The average Bonchev–Trinajstić information content (AvgIpc) is 2.63. The minimum atomic E-state index is 0.763. The average molecular weight is 240 g/mol. The monoisotopic (exact) mass is 240 g/mol. The highest BCUT2D eigenvalue weighted by Gasteiger charge is 2.15. The van der Waals surface area contributed by atoms with Gasteiger partial charge in [0.1, 0.15) is 5.82 Å². The second-order valence-corrected chi connectivity index (χ2v) is 4.38. The molecule has 1 aromatic heterocycles. The zero-order valence-corrected chi connectivity index (χ0v) is 10.2. The number of para-hydroxylation sites is 2. The fourth-order valence-electron chi connectivity index (χ4n) is 2.26. The Kier molecular flexibility index (Phi) is 3.08. The summed E-state index contributed by atoms with van der Waals surface area (Å²) in [4.78, 5) is 10.9. The van der Waals surface area contributed by atoms with Crippen molar-refractivity contribution in [2.75, 3.05) is 23.3 Å². The second-order valence-electron chi connectivity index (χ2n) is 4.38. The summed E-state index contributed by atoms with van der Waals surface area (Å²) < 4.78 is 0. The minimum absolute atomic E-state index is 0.763. The van der Waals surface area contributed by atoms with E-state index in [4.69, 9.17) is 0 Å². The highest BCUT2D eigenvalue weighted by atomic mass is 15.2. The largest absolute Gasteiger partial charge is 0.383 e. The molecule has 1 aliphatic heterocycles. The zero-order valence-electron chi connectivity index (χ0n) is 10.2. The second kappa shape index (κ2) is 5.04. The summed E-state index contributed by atoms with van der Waals surface area (Å²) in [7, 11) is 0. The Hall–Kier alpha value is -2.10. The molecule has 0 aliphatic carbocycles. The van der Waals surface area contributed by atoms with E-state index in [9.17, 15) is 0 Å². The SMILES string of the molecule is c1cnc(CN2CCCNc3ccccc32)nc1. The van der Waals surface area contributed by atoms with Crippen molar-refractivity contribution in [3.8, 4) is 0 Å². The van der Waals surface area contributed by atoms with Gasteiger partial charge in [-0.05, 0) is 24.6 Å². The van der Waals surface area contributed by atoms with Crippen molar-refractivity contribution < 1.29 is 0 Å². The van der Waals surface area contributed by atoms with E-state index >= 15 is 0 Å². The van der Waals surface area contributed by atoms with E-state index in [0.717, 1.165) is 31.9 Å². The molecule has 0 spiro atoms. The molecule has 0 bridgehead atoms. The lowest BCUT2D eigenvalue weighted by atomic mass is 10.2. The van der Waals surface area contributed by atoms with Crippen LogP contribution in [0.1, 0.15) is 12.2 Å². The maximum Gasteiger partial charge on any atom is 0.147 e. The molecular weight excluding hydrogens is 224 g/mol. The van der Waals surface area contributed by atoms with Crippen LogP contribution < -0.4 is 10.2 Å². The van der Waals surface area contributed by atoms with Crippen LogP contribution in [0.4, 0.5) is 11.4 Å². The van der Waals surface area contributed by atoms with Crippen molar-refractivity contribution in [3.63, 3.8) is 0 Å². The first-order valence-electron chi connectivity index (χ1n) is 6.27. The van der Waals surface area contributed by atoms with Gasteiger partial charge in [0.25, 0.3) is 0 Å². The number of rotatable bonds is 2. The smallest absolute Gasteiger partial charge is 0.147 e. The molecule has 1 aliphatic rings. The molecule has 18 heavy (non-hydrogen) atoms. The topological polar surface area (TPSA) is 41.1 Å². The summed E-state index contributed by atoms with van der Waals surface area (Å²) in [6.45, 7) is 2.81. The van der Waals surface area contributed by atoms with Crippen LogP contribution in [0, 0.1) is 0 Å². The fourth-order valence-corrected chi connectivity index (χ4v) is 2.26. The van der Waals surface area contributed by atoms with Gasteiger partial charge in [0.15, 0.2) is 0 Å². The molecule has 0 radical (unpaired) electrons. The van der Waals surface area contributed by atoms with Gasteiger partial charge in [-0.3, -0.25) is 0 Å². The molecule has 2 aromatic rings. The van der Waals surface area contributed by atoms with Gasteiger partial charge in [-0.25, -0.2) is 9.97 Å². The van der Waals surface area contributed by atoms with Crippen LogP contribution in [0.3, 0.4) is 0 Å². The van der Waals surface area contributed by atoms with Crippen molar-refractivity contribution in [2.45, 2.75) is 13.0 Å². The number of aromatic nitrogens is 2. The number of nitrogens with zero attached hydrogens (tertiary/aromatic N) is 3. The summed E-state index contributed by atoms with van der Waals surface area (Å²) in [5.41, 5.74) is 2.44. The molecule has 0 atom stereocenters. The van der Waals surface area contributed by atoms with E-state index in [0.29, 0.717) is 0 Å². The van der Waals surface area contributed by atoms with Gasteiger partial charge in [-0.1, -0.05) is 12.1 Å². The highest BCUT2D eigenvalue weighted by Crippen LogP contribution is 2.28. The van der Waals surface area contributed by atoms with E-state index in [1.54, 1.807) is 12.4 Å². The minimum Gasteiger partial charge on any atom is -0.383 e. The van der Waals surface area contributed by atoms with Crippen molar-refractivity contribution >= 4 is 11.4 Å². The molecule has 0 unspecified atom stereocenters. The molecule has 0 saturated carbocycles. The lowest BCUT2D eigenvalue weighted by molar-refractivity contribution is 0.734. The number of benzene rings is 1. The number of hydrogen-bond acceptors (Lipinski definition) is 4. The number of anilines is 2. The van der Waals surface area contributed by atoms with Crippen LogP contribution in [-0.2, 0) is 6.54 Å². The van der Waals surface area contributed by atoms with Gasteiger partial charge in [0.2, 0.25) is 0 Å². The standard InChI is InChI=1S/C14H16N4/c1-2-6-13-12(5-1)15-9-4-10-18(13)11-14-16-7-3-8-17-14/h1-3,5-8,15H,4,9-11H2. The molecule has 2 heterocycles. The Morgan fingerprint density at radius 3 is 2.83 bits per heavy atom. The number of nitrogens with one attached hydrogen (secondary N) is 1. The Morgan fingerprint density at radius 2 is 1.94 bits per heavy atom. The summed E-state index contributed by atoms with van der Waals surface area (Å²) in [6.07, 6.45) is 4.72.